The summed E-state index contributed by atoms with van der Waals surface area (Å²) in [6, 6.07) is 5.93. The maximum atomic E-state index is 10.1. The summed E-state index contributed by atoms with van der Waals surface area (Å²) in [5, 5.41) is 10.1. The molecule has 1 fully saturated rings. The molecule has 0 spiro atoms. The zero-order chi connectivity index (χ0) is 16.1. The number of aliphatic hydroxyl groups is 1. The van der Waals surface area contributed by atoms with Gasteiger partial charge in [-0.25, -0.2) is 0 Å². The normalized spacial score (nSPS) is 21.1. The predicted molar refractivity (Wildman–Crippen MR) is 84.7 cm³/mol. The number of aliphatic hydroxyl groups excluding tert-OH is 1. The fraction of sp³-hybridized carbons (Fsp3) is 0.647. The van der Waals surface area contributed by atoms with Gasteiger partial charge in [-0.05, 0) is 37.6 Å². The SMILES string of the molecule is CN(Cc1ccc2c(c1)OCO2)C[C@H](O)COC[C@H]1CCCO1. The third kappa shape index (κ3) is 4.81. The molecule has 3 rings (SSSR count). The van der Waals surface area contributed by atoms with Gasteiger partial charge in [0.15, 0.2) is 11.5 Å². The Morgan fingerprint density at radius 3 is 3.04 bits per heavy atom. The molecular weight excluding hydrogens is 298 g/mol. The van der Waals surface area contributed by atoms with Crippen LogP contribution in [0.4, 0.5) is 0 Å². The zero-order valence-corrected chi connectivity index (χ0v) is 13.6. The Balaban J connectivity index is 1.37. The van der Waals surface area contributed by atoms with Crippen molar-refractivity contribution in [3.63, 3.8) is 0 Å². The first-order valence-electron chi connectivity index (χ1n) is 8.15. The van der Waals surface area contributed by atoms with Crippen molar-refractivity contribution < 1.29 is 24.1 Å². The van der Waals surface area contributed by atoms with Gasteiger partial charge in [-0.1, -0.05) is 6.07 Å². The van der Waals surface area contributed by atoms with Gasteiger partial charge < -0.3 is 24.1 Å². The Hall–Kier alpha value is -1.34. The second-order valence-electron chi connectivity index (χ2n) is 6.21. The fourth-order valence-corrected chi connectivity index (χ4v) is 2.94. The first-order chi connectivity index (χ1) is 11.2. The summed E-state index contributed by atoms with van der Waals surface area (Å²) in [5.74, 6) is 1.58. The number of hydrogen-bond donors (Lipinski definition) is 1. The van der Waals surface area contributed by atoms with Crippen LogP contribution in [0.15, 0.2) is 18.2 Å². The van der Waals surface area contributed by atoms with Gasteiger partial charge in [-0.15, -0.1) is 0 Å². The lowest BCUT2D eigenvalue weighted by Crippen LogP contribution is -2.32. The molecular formula is C17H25NO5. The van der Waals surface area contributed by atoms with E-state index in [2.05, 4.69) is 4.90 Å². The summed E-state index contributed by atoms with van der Waals surface area (Å²) < 4.78 is 21.7. The van der Waals surface area contributed by atoms with Crippen LogP contribution in [0.25, 0.3) is 0 Å². The van der Waals surface area contributed by atoms with Gasteiger partial charge in [-0.2, -0.15) is 0 Å². The van der Waals surface area contributed by atoms with Gasteiger partial charge in [-0.3, -0.25) is 4.90 Å². The Labute approximate surface area is 136 Å². The van der Waals surface area contributed by atoms with E-state index >= 15 is 0 Å². The van der Waals surface area contributed by atoms with Crippen molar-refractivity contribution in [3.8, 4) is 11.5 Å². The molecule has 2 atom stereocenters. The third-order valence-electron chi connectivity index (χ3n) is 4.05. The van der Waals surface area contributed by atoms with Crippen molar-refractivity contribution in [1.82, 2.24) is 4.90 Å². The largest absolute Gasteiger partial charge is 0.454 e. The van der Waals surface area contributed by atoms with Crippen LogP contribution in [0.3, 0.4) is 0 Å². The summed E-state index contributed by atoms with van der Waals surface area (Å²) in [6.07, 6.45) is 1.86. The maximum Gasteiger partial charge on any atom is 0.231 e. The highest BCUT2D eigenvalue weighted by molar-refractivity contribution is 5.44. The highest BCUT2D eigenvalue weighted by atomic mass is 16.7. The molecule has 2 aliphatic heterocycles. The van der Waals surface area contributed by atoms with Crippen LogP contribution >= 0.6 is 0 Å². The van der Waals surface area contributed by atoms with Crippen molar-refractivity contribution in [2.45, 2.75) is 31.6 Å². The average Bonchev–Trinajstić information content (AvgIpc) is 3.17. The topological polar surface area (TPSA) is 60.4 Å². The molecule has 0 saturated carbocycles. The van der Waals surface area contributed by atoms with Crippen LogP contribution < -0.4 is 9.47 Å². The quantitative estimate of drug-likeness (QED) is 0.780. The van der Waals surface area contributed by atoms with Gasteiger partial charge in [0.05, 0.1) is 25.4 Å². The summed E-state index contributed by atoms with van der Waals surface area (Å²) in [5.41, 5.74) is 1.13. The molecule has 0 unspecified atom stereocenters. The first-order valence-corrected chi connectivity index (χ1v) is 8.15. The van der Waals surface area contributed by atoms with Crippen molar-refractivity contribution >= 4 is 0 Å². The smallest absolute Gasteiger partial charge is 0.231 e. The number of likely N-dealkylation sites (N-methyl/N-ethyl adjacent to an activating group) is 1. The second-order valence-corrected chi connectivity index (χ2v) is 6.21. The van der Waals surface area contributed by atoms with Crippen molar-refractivity contribution in [3.05, 3.63) is 23.8 Å². The van der Waals surface area contributed by atoms with Crippen LogP contribution in [-0.4, -0.2) is 62.4 Å². The van der Waals surface area contributed by atoms with Crippen molar-refractivity contribution in [1.29, 1.82) is 0 Å². The molecule has 128 valence electrons. The molecule has 6 heteroatoms. The Morgan fingerprint density at radius 2 is 2.22 bits per heavy atom. The molecule has 1 aromatic carbocycles. The molecule has 0 amide bonds. The molecule has 0 aliphatic carbocycles. The first kappa shape index (κ1) is 16.5. The lowest BCUT2D eigenvalue weighted by Gasteiger charge is -2.21. The molecule has 0 aromatic heterocycles. The Morgan fingerprint density at radius 1 is 1.35 bits per heavy atom. The lowest BCUT2D eigenvalue weighted by molar-refractivity contribution is -0.0238. The van der Waals surface area contributed by atoms with Gasteiger partial charge >= 0.3 is 0 Å². The van der Waals surface area contributed by atoms with Crippen LogP contribution in [0.5, 0.6) is 11.5 Å². The number of nitrogens with zero attached hydrogens (tertiary/aromatic N) is 1. The predicted octanol–water partition coefficient (Wildman–Crippen LogP) is 1.40. The summed E-state index contributed by atoms with van der Waals surface area (Å²) in [7, 11) is 1.98. The summed E-state index contributed by atoms with van der Waals surface area (Å²) >= 11 is 0. The minimum absolute atomic E-state index is 0.202. The number of hydrogen-bond acceptors (Lipinski definition) is 6. The third-order valence-corrected chi connectivity index (χ3v) is 4.05. The monoisotopic (exact) mass is 323 g/mol. The van der Waals surface area contributed by atoms with E-state index in [0.29, 0.717) is 19.8 Å². The minimum Gasteiger partial charge on any atom is -0.454 e. The Kier molecular flexibility index (Phi) is 5.72. The van der Waals surface area contributed by atoms with Gasteiger partial charge in [0.1, 0.15) is 0 Å². The molecule has 0 bridgehead atoms. The molecule has 2 aliphatic rings. The number of benzene rings is 1. The standard InChI is InChI=1S/C17H25NO5/c1-18(8-13-4-5-16-17(7-13)23-12-22-16)9-14(19)10-20-11-15-3-2-6-21-15/h4-5,7,14-15,19H,2-3,6,8-12H2,1H3/t14-,15+/m0/s1. The highest BCUT2D eigenvalue weighted by Crippen LogP contribution is 2.32. The zero-order valence-electron chi connectivity index (χ0n) is 13.6. The highest BCUT2D eigenvalue weighted by Gasteiger charge is 2.17. The van der Waals surface area contributed by atoms with Crippen molar-refractivity contribution in [2.24, 2.45) is 0 Å². The van der Waals surface area contributed by atoms with Crippen molar-refractivity contribution in [2.75, 3.05) is 40.2 Å². The number of ether oxygens (including phenoxy) is 4. The van der Waals surface area contributed by atoms with Gasteiger partial charge in [0.25, 0.3) is 0 Å². The number of fused-ring (bicyclic) bond motifs is 1. The maximum absolute atomic E-state index is 10.1. The van der Waals surface area contributed by atoms with E-state index in [1.165, 1.54) is 0 Å². The van der Waals surface area contributed by atoms with Crippen LogP contribution in [0, 0.1) is 0 Å². The number of rotatable bonds is 8. The van der Waals surface area contributed by atoms with Gasteiger partial charge in [0, 0.05) is 19.7 Å². The van der Waals surface area contributed by atoms with E-state index in [1.54, 1.807) is 0 Å². The lowest BCUT2D eigenvalue weighted by atomic mass is 10.2. The molecule has 23 heavy (non-hydrogen) atoms. The second kappa shape index (κ2) is 7.97. The molecule has 1 aromatic rings. The fourth-order valence-electron chi connectivity index (χ4n) is 2.94. The van der Waals surface area contributed by atoms with E-state index in [1.807, 2.05) is 25.2 Å². The molecule has 6 nitrogen and oxygen atoms in total. The van der Waals surface area contributed by atoms with E-state index < -0.39 is 6.10 Å². The molecule has 1 N–H and O–H groups in total. The van der Waals surface area contributed by atoms with E-state index in [-0.39, 0.29) is 12.9 Å². The van der Waals surface area contributed by atoms with E-state index in [9.17, 15) is 5.11 Å². The average molecular weight is 323 g/mol. The summed E-state index contributed by atoms with van der Waals surface area (Å²) in [4.78, 5) is 2.07. The van der Waals surface area contributed by atoms with Crippen LogP contribution in [0.1, 0.15) is 18.4 Å². The molecule has 0 radical (unpaired) electrons. The van der Waals surface area contributed by atoms with Gasteiger partial charge in [0.2, 0.25) is 6.79 Å². The van der Waals surface area contributed by atoms with E-state index in [0.717, 1.165) is 43.1 Å². The minimum atomic E-state index is -0.504. The Bertz CT molecular complexity index is 504. The summed E-state index contributed by atoms with van der Waals surface area (Å²) in [6.45, 7) is 3.32. The van der Waals surface area contributed by atoms with E-state index in [4.69, 9.17) is 18.9 Å². The molecule has 1 saturated heterocycles. The van der Waals surface area contributed by atoms with Crippen LogP contribution in [-0.2, 0) is 16.0 Å². The molecule has 2 heterocycles. The van der Waals surface area contributed by atoms with Crippen LogP contribution in [0.2, 0.25) is 0 Å².